The van der Waals surface area contributed by atoms with Gasteiger partial charge in [0.25, 0.3) is 0 Å². The molecule has 9 nitrogen and oxygen atoms in total. The van der Waals surface area contributed by atoms with Crippen LogP contribution in [-0.4, -0.2) is 71.4 Å². The van der Waals surface area contributed by atoms with Gasteiger partial charge >= 0.3 is 0 Å². The normalized spacial score (nSPS) is 17.4. The first-order valence-electron chi connectivity index (χ1n) is 10.6. The maximum Gasteiger partial charge on any atom is 0.246 e. The average molecular weight is 455 g/mol. The lowest BCUT2D eigenvalue weighted by Crippen LogP contribution is -2.53. The van der Waals surface area contributed by atoms with E-state index >= 15 is 0 Å². The molecule has 1 aliphatic rings. The summed E-state index contributed by atoms with van der Waals surface area (Å²) >= 11 is 6.19. The van der Waals surface area contributed by atoms with Gasteiger partial charge in [0.15, 0.2) is 5.82 Å². The minimum Gasteiger partial charge on any atom is -0.334 e. The SMILES string of the molecule is Cc1nnn(Cc2cc(Cl)ccc2C=CC(=O)N2CCN(Cc3cnn(C)c3)C[C@H]2C)n1. The Balaban J connectivity index is 1.40. The molecule has 1 atom stereocenters. The molecule has 2 aromatic heterocycles. The van der Waals surface area contributed by atoms with E-state index in [0.717, 1.165) is 30.8 Å². The first-order valence-corrected chi connectivity index (χ1v) is 11.0. The van der Waals surface area contributed by atoms with Crippen molar-refractivity contribution in [1.82, 2.24) is 39.8 Å². The lowest BCUT2D eigenvalue weighted by atomic mass is 10.1. The lowest BCUT2D eigenvalue weighted by molar-refractivity contribution is -0.130. The van der Waals surface area contributed by atoms with Crippen LogP contribution < -0.4 is 0 Å². The number of tetrazole rings is 1. The maximum absolute atomic E-state index is 12.9. The summed E-state index contributed by atoms with van der Waals surface area (Å²) in [5, 5.41) is 17.0. The summed E-state index contributed by atoms with van der Waals surface area (Å²) in [5.41, 5.74) is 3.01. The number of hydrogen-bond donors (Lipinski definition) is 0. The molecule has 0 unspecified atom stereocenters. The van der Waals surface area contributed by atoms with Crippen molar-refractivity contribution in [2.75, 3.05) is 19.6 Å². The Kier molecular flexibility index (Phi) is 6.66. The van der Waals surface area contributed by atoms with Crippen LogP contribution in [0.4, 0.5) is 0 Å². The van der Waals surface area contributed by atoms with Gasteiger partial charge in [-0.25, -0.2) is 0 Å². The first-order chi connectivity index (χ1) is 15.4. The molecule has 32 heavy (non-hydrogen) atoms. The van der Waals surface area contributed by atoms with E-state index in [4.69, 9.17) is 11.6 Å². The van der Waals surface area contributed by atoms with E-state index in [-0.39, 0.29) is 11.9 Å². The molecule has 168 valence electrons. The molecule has 1 fully saturated rings. The third kappa shape index (κ3) is 5.41. The van der Waals surface area contributed by atoms with Crippen LogP contribution in [0.15, 0.2) is 36.7 Å². The second kappa shape index (κ2) is 9.62. The summed E-state index contributed by atoms with van der Waals surface area (Å²) < 4.78 is 1.81. The number of carbonyl (C=O) groups excluding carboxylic acids is 1. The van der Waals surface area contributed by atoms with E-state index in [1.54, 1.807) is 13.0 Å². The summed E-state index contributed by atoms with van der Waals surface area (Å²) in [4.78, 5) is 18.7. The fourth-order valence-electron chi connectivity index (χ4n) is 3.99. The van der Waals surface area contributed by atoms with Crippen molar-refractivity contribution in [2.45, 2.75) is 33.0 Å². The van der Waals surface area contributed by atoms with Crippen molar-refractivity contribution in [1.29, 1.82) is 0 Å². The van der Waals surface area contributed by atoms with Crippen molar-refractivity contribution in [3.8, 4) is 0 Å². The molecule has 4 rings (SSSR count). The zero-order valence-corrected chi connectivity index (χ0v) is 19.3. The van der Waals surface area contributed by atoms with E-state index in [2.05, 4.69) is 32.3 Å². The molecule has 1 aliphatic heterocycles. The number of amides is 1. The predicted octanol–water partition coefficient (Wildman–Crippen LogP) is 2.16. The average Bonchev–Trinajstić information content (AvgIpc) is 3.34. The van der Waals surface area contributed by atoms with Gasteiger partial charge in [0, 0.05) is 62.1 Å². The van der Waals surface area contributed by atoms with Gasteiger partial charge in [-0.2, -0.15) is 9.90 Å². The largest absolute Gasteiger partial charge is 0.334 e. The molecular formula is C22H27ClN8O. The van der Waals surface area contributed by atoms with Crippen LogP contribution in [0.1, 0.15) is 29.4 Å². The van der Waals surface area contributed by atoms with E-state index in [0.29, 0.717) is 23.9 Å². The number of benzene rings is 1. The lowest BCUT2D eigenvalue weighted by Gasteiger charge is -2.39. The Bertz CT molecular complexity index is 1120. The molecule has 1 aromatic carbocycles. The minimum atomic E-state index is 0.00848. The Morgan fingerprint density at radius 3 is 2.81 bits per heavy atom. The zero-order valence-electron chi connectivity index (χ0n) is 18.5. The van der Waals surface area contributed by atoms with Gasteiger partial charge in [0.1, 0.15) is 0 Å². The number of halogens is 1. The Morgan fingerprint density at radius 1 is 1.28 bits per heavy atom. The van der Waals surface area contributed by atoms with Crippen LogP contribution in [0.3, 0.4) is 0 Å². The molecule has 1 saturated heterocycles. The van der Waals surface area contributed by atoms with Gasteiger partial charge in [0.2, 0.25) is 5.91 Å². The highest BCUT2D eigenvalue weighted by Crippen LogP contribution is 2.19. The highest BCUT2D eigenvalue weighted by Gasteiger charge is 2.26. The molecule has 10 heteroatoms. The highest BCUT2D eigenvalue weighted by atomic mass is 35.5. The molecule has 3 aromatic rings. The Morgan fingerprint density at radius 2 is 2.12 bits per heavy atom. The van der Waals surface area contributed by atoms with Gasteiger partial charge in [-0.05, 0) is 48.4 Å². The van der Waals surface area contributed by atoms with Gasteiger partial charge in [-0.3, -0.25) is 14.4 Å². The number of aryl methyl sites for hydroxylation is 2. The minimum absolute atomic E-state index is 0.00848. The third-order valence-electron chi connectivity index (χ3n) is 5.53. The molecule has 3 heterocycles. The second-order valence-corrected chi connectivity index (χ2v) is 8.62. The highest BCUT2D eigenvalue weighted by molar-refractivity contribution is 6.30. The van der Waals surface area contributed by atoms with Crippen LogP contribution >= 0.6 is 11.6 Å². The maximum atomic E-state index is 12.9. The van der Waals surface area contributed by atoms with Crippen LogP contribution in [0.5, 0.6) is 0 Å². The quantitative estimate of drug-likeness (QED) is 0.531. The zero-order chi connectivity index (χ0) is 22.7. The number of carbonyl (C=O) groups is 1. The monoisotopic (exact) mass is 454 g/mol. The van der Waals surface area contributed by atoms with Crippen LogP contribution in [-0.2, 0) is 24.9 Å². The van der Waals surface area contributed by atoms with Crippen LogP contribution in [0.2, 0.25) is 5.02 Å². The molecule has 0 bridgehead atoms. The Labute approximate surface area is 192 Å². The number of rotatable bonds is 6. The van der Waals surface area contributed by atoms with Gasteiger partial charge in [-0.15, -0.1) is 10.2 Å². The molecule has 0 N–H and O–H groups in total. The van der Waals surface area contributed by atoms with Crippen molar-refractivity contribution in [3.63, 3.8) is 0 Å². The fourth-order valence-corrected chi connectivity index (χ4v) is 4.18. The Hall–Kier alpha value is -3.04. The molecule has 0 aliphatic carbocycles. The van der Waals surface area contributed by atoms with Crippen molar-refractivity contribution >= 4 is 23.6 Å². The second-order valence-electron chi connectivity index (χ2n) is 8.18. The number of piperazine rings is 1. The van der Waals surface area contributed by atoms with E-state index in [1.807, 2.05) is 53.3 Å². The predicted molar refractivity (Wildman–Crippen MR) is 122 cm³/mol. The molecular weight excluding hydrogens is 428 g/mol. The summed E-state index contributed by atoms with van der Waals surface area (Å²) in [6.45, 7) is 7.52. The summed E-state index contributed by atoms with van der Waals surface area (Å²) in [6.07, 6.45) is 7.40. The summed E-state index contributed by atoms with van der Waals surface area (Å²) in [6, 6.07) is 5.71. The third-order valence-corrected chi connectivity index (χ3v) is 5.77. The first kappa shape index (κ1) is 22.2. The van der Waals surface area contributed by atoms with Crippen molar-refractivity contribution < 1.29 is 4.79 Å². The van der Waals surface area contributed by atoms with E-state index in [9.17, 15) is 4.79 Å². The molecule has 0 radical (unpaired) electrons. The van der Waals surface area contributed by atoms with Crippen molar-refractivity contribution in [3.05, 3.63) is 64.2 Å². The van der Waals surface area contributed by atoms with Gasteiger partial charge in [-0.1, -0.05) is 17.7 Å². The molecule has 0 spiro atoms. The van der Waals surface area contributed by atoms with Crippen molar-refractivity contribution in [2.24, 2.45) is 7.05 Å². The number of hydrogen-bond acceptors (Lipinski definition) is 6. The van der Waals surface area contributed by atoms with Gasteiger partial charge < -0.3 is 4.90 Å². The number of nitrogens with zero attached hydrogens (tertiary/aromatic N) is 8. The standard InChI is InChI=1S/C22H27ClN8O/c1-16-12-29(14-18-11-24-28(3)13-18)8-9-30(16)22(32)7-5-19-4-6-21(23)10-20(19)15-31-26-17(2)25-27-31/h4-7,10-11,13,16H,8-9,12,14-15H2,1-3H3/t16-/m1/s1. The summed E-state index contributed by atoms with van der Waals surface area (Å²) in [5.74, 6) is 0.616. The number of aromatic nitrogens is 6. The molecule has 1 amide bonds. The molecule has 0 saturated carbocycles. The van der Waals surface area contributed by atoms with E-state index < -0.39 is 0 Å². The topological polar surface area (TPSA) is 85.0 Å². The van der Waals surface area contributed by atoms with E-state index in [1.165, 1.54) is 10.4 Å². The van der Waals surface area contributed by atoms with Crippen LogP contribution in [0, 0.1) is 6.92 Å². The van der Waals surface area contributed by atoms with Gasteiger partial charge in [0.05, 0.1) is 12.7 Å². The summed E-state index contributed by atoms with van der Waals surface area (Å²) in [7, 11) is 1.92. The smallest absolute Gasteiger partial charge is 0.246 e. The van der Waals surface area contributed by atoms with Crippen LogP contribution in [0.25, 0.3) is 6.08 Å². The fraction of sp³-hybridized carbons (Fsp3) is 0.409.